The van der Waals surface area contributed by atoms with Crippen molar-refractivity contribution in [3.8, 4) is 33.4 Å². The van der Waals surface area contributed by atoms with E-state index in [4.69, 9.17) is 6.58 Å². The molecule has 0 aromatic heterocycles. The summed E-state index contributed by atoms with van der Waals surface area (Å²) in [5, 5.41) is 9.70. The summed E-state index contributed by atoms with van der Waals surface area (Å²) >= 11 is 0. The van der Waals surface area contributed by atoms with Crippen LogP contribution in [-0.4, -0.2) is 0 Å². The van der Waals surface area contributed by atoms with Crippen molar-refractivity contribution in [1.82, 2.24) is 0 Å². The molecule has 4 aliphatic rings. The molecular formula is C135H118N4. The zero-order chi connectivity index (χ0) is 95.7. The molecule has 1 unspecified atom stereocenters. The van der Waals surface area contributed by atoms with E-state index in [9.17, 15) is 0 Å². The van der Waals surface area contributed by atoms with Gasteiger partial charge in [0.25, 0.3) is 0 Å². The highest BCUT2D eigenvalue weighted by molar-refractivity contribution is 6.14. The van der Waals surface area contributed by atoms with Crippen LogP contribution >= 0.6 is 0 Å². The Kier molecular flexibility index (Phi) is 20.8. The number of fused-ring (bicyclic) bond motifs is 25. The molecule has 0 N–H and O–H groups in total. The Morgan fingerprint density at radius 2 is 0.568 bits per heavy atom. The fraction of sp³-hybridized carbons (Fsp3) is 0.170. The molecule has 0 amide bonds. The minimum atomic E-state index is -0.759. The summed E-state index contributed by atoms with van der Waals surface area (Å²) < 4.78 is 0. The van der Waals surface area contributed by atoms with Crippen molar-refractivity contribution in [3.05, 3.63) is 507 Å². The van der Waals surface area contributed by atoms with E-state index in [2.05, 4.69) is 531 Å². The highest BCUT2D eigenvalue weighted by atomic mass is 15.2. The minimum Gasteiger partial charge on any atom is -0.310 e. The molecule has 0 saturated carbocycles. The second kappa shape index (κ2) is 33.0. The maximum atomic E-state index is 4.90. The summed E-state index contributed by atoms with van der Waals surface area (Å²) in [7, 11) is 0. The van der Waals surface area contributed by atoms with Crippen LogP contribution in [0.3, 0.4) is 0 Å². The van der Waals surface area contributed by atoms with E-state index in [0.29, 0.717) is 0 Å². The van der Waals surface area contributed by atoms with Gasteiger partial charge < -0.3 is 19.6 Å². The number of hydrogen-bond donors (Lipinski definition) is 0. The Labute approximate surface area is 820 Å². The van der Waals surface area contributed by atoms with Crippen LogP contribution in [0.15, 0.2) is 418 Å². The normalized spacial score (nSPS) is 14.5. The molecule has 4 aliphatic carbocycles. The molecule has 4 nitrogen and oxygen atoms in total. The summed E-state index contributed by atoms with van der Waals surface area (Å²) in [6, 6.07) is 149. The summed E-state index contributed by atoms with van der Waals surface area (Å²) in [5.74, 6) is 0. The van der Waals surface area contributed by atoms with Crippen molar-refractivity contribution in [3.63, 3.8) is 0 Å². The maximum Gasteiger partial charge on any atom is 0.0737 e. The molecule has 1 atom stereocenters. The van der Waals surface area contributed by atoms with E-state index in [1.807, 2.05) is 0 Å². The van der Waals surface area contributed by atoms with Gasteiger partial charge in [0.2, 0.25) is 0 Å². The molecule has 0 saturated heterocycles. The van der Waals surface area contributed by atoms with Crippen molar-refractivity contribution in [2.75, 3.05) is 19.6 Å². The second-order valence-electron chi connectivity index (χ2n) is 43.6. The number of rotatable bonds is 16. The van der Waals surface area contributed by atoms with Crippen LogP contribution in [0, 0.1) is 26.2 Å². The van der Waals surface area contributed by atoms with Gasteiger partial charge in [-0.15, -0.1) is 0 Å². The zero-order valence-corrected chi connectivity index (χ0v) is 82.8. The van der Waals surface area contributed by atoms with Crippen molar-refractivity contribution in [2.45, 2.75) is 144 Å². The average molecular weight is 1800 g/mol. The Hall–Kier alpha value is -15.4. The molecule has 0 fully saturated rings. The van der Waals surface area contributed by atoms with E-state index in [-0.39, 0.29) is 21.7 Å². The topological polar surface area (TPSA) is 13.0 Å². The van der Waals surface area contributed by atoms with Gasteiger partial charge in [-0.25, -0.2) is 0 Å². The molecule has 139 heavy (non-hydrogen) atoms. The van der Waals surface area contributed by atoms with Gasteiger partial charge in [0.15, 0.2) is 0 Å². The van der Waals surface area contributed by atoms with Crippen molar-refractivity contribution >= 4 is 117 Å². The smallest absolute Gasteiger partial charge is 0.0737 e. The number of aryl methyl sites for hydroxylation is 3. The predicted octanol–water partition coefficient (Wildman–Crippen LogP) is 37.2. The molecule has 2 spiro atoms. The first-order valence-corrected chi connectivity index (χ1v) is 49.6. The van der Waals surface area contributed by atoms with Gasteiger partial charge in [-0.05, 0) is 372 Å². The lowest BCUT2D eigenvalue weighted by Gasteiger charge is -2.34. The van der Waals surface area contributed by atoms with Crippen molar-refractivity contribution < 1.29 is 0 Å². The van der Waals surface area contributed by atoms with Crippen LogP contribution in [0.25, 0.3) is 82.0 Å². The number of anilines is 12. The Bertz CT molecular complexity index is 8240. The molecule has 678 valence electrons. The number of hydrogen-bond acceptors (Lipinski definition) is 4. The fourth-order valence-corrected chi connectivity index (χ4v) is 23.4. The van der Waals surface area contributed by atoms with Crippen LogP contribution in [0.2, 0.25) is 0 Å². The molecule has 0 radical (unpaired) electrons. The van der Waals surface area contributed by atoms with Crippen LogP contribution in [0.5, 0.6) is 0 Å². The lowest BCUT2D eigenvalue weighted by atomic mass is 9.67. The monoisotopic (exact) mass is 1790 g/mol. The predicted molar refractivity (Wildman–Crippen MR) is 593 cm³/mol. The number of para-hydroxylation sites is 3. The lowest BCUT2D eigenvalue weighted by Crippen LogP contribution is -2.27. The van der Waals surface area contributed by atoms with Crippen LogP contribution < -0.4 is 19.6 Å². The first-order valence-electron chi connectivity index (χ1n) is 49.6. The highest BCUT2D eigenvalue weighted by Crippen LogP contribution is 2.69. The first-order chi connectivity index (χ1) is 67.0. The third-order valence-electron chi connectivity index (χ3n) is 30.6. The van der Waals surface area contributed by atoms with Gasteiger partial charge in [0, 0.05) is 68.2 Å². The largest absolute Gasteiger partial charge is 0.310 e. The van der Waals surface area contributed by atoms with Gasteiger partial charge in [0.1, 0.15) is 0 Å². The molecule has 0 bridgehead atoms. The number of allylic oxidation sites excluding steroid dienone is 5. The Balaban J connectivity index is 0.623. The fourth-order valence-electron chi connectivity index (χ4n) is 23.4. The van der Waals surface area contributed by atoms with E-state index in [1.54, 1.807) is 0 Å². The van der Waals surface area contributed by atoms with Gasteiger partial charge in [-0.3, -0.25) is 0 Å². The standard InChI is InChI=1S/C135H118N4/c1-18-122-118(75-88(5)130(6,7)8)119-82-95(131(9,10)11)51-70-123(119)134(122)126-110-68-60-108(138(100-38-26-21-27-39-100)103-40-28-31-86(3)73-103)80-93(110)47-62-114(126)115-63-48-94-81-109(61-69-111(94)127(115)134)139(104-41-29-32-87(4)74-104)105-42-30-33-90(77-105)76-89-45-56-102(57-46-89)137(99-36-24-20-25-37-99)107-59-67-113-92(79-107)50-65-117-116-64-49-91-78-106(136(98-34-22-19-23-35-98)101-54-43-85(2)44-55-101)58-66-112(91)128(116)135(129(113)117)124-71-52-96(132(12,13)14)83-120(124)121-84-97(133(15,16)17)53-72-125(121)135/h18-75,77-84H,1,76H2,2-17H3/b88-75+. The summed E-state index contributed by atoms with van der Waals surface area (Å²) in [6.07, 6.45) is 5.45. The number of nitrogens with zero attached hydrogens (tertiary/aromatic N) is 4. The minimum absolute atomic E-state index is 0.0756. The first kappa shape index (κ1) is 87.7. The van der Waals surface area contributed by atoms with Gasteiger partial charge in [0.05, 0.1) is 10.8 Å². The van der Waals surface area contributed by atoms with Crippen molar-refractivity contribution in [1.29, 1.82) is 0 Å². The van der Waals surface area contributed by atoms with Gasteiger partial charge in [-0.1, -0.05) is 356 Å². The molecular weight excluding hydrogens is 1680 g/mol. The van der Waals surface area contributed by atoms with E-state index in [0.717, 1.165) is 74.7 Å². The maximum absolute atomic E-state index is 4.90. The third kappa shape index (κ3) is 14.4. The molecule has 23 rings (SSSR count). The molecule has 0 aliphatic heterocycles. The Morgan fingerprint density at radius 1 is 0.259 bits per heavy atom. The Morgan fingerprint density at radius 3 is 0.935 bits per heavy atom. The number of benzene rings is 19. The third-order valence-corrected chi connectivity index (χ3v) is 30.6. The lowest BCUT2D eigenvalue weighted by molar-refractivity contribution is 0.504. The zero-order valence-electron chi connectivity index (χ0n) is 82.8. The van der Waals surface area contributed by atoms with Gasteiger partial charge >= 0.3 is 0 Å². The van der Waals surface area contributed by atoms with Crippen LogP contribution in [-0.2, 0) is 33.5 Å². The molecule has 4 heteroatoms. The van der Waals surface area contributed by atoms with Gasteiger partial charge in [-0.2, -0.15) is 0 Å². The summed E-state index contributed by atoms with van der Waals surface area (Å²) in [6.45, 7) is 41.9. The molecule has 19 aromatic rings. The van der Waals surface area contributed by atoms with E-state index >= 15 is 0 Å². The quantitative estimate of drug-likeness (QED) is 0.0956. The highest BCUT2D eigenvalue weighted by Gasteiger charge is 2.56. The molecule has 19 aromatic carbocycles. The average Bonchev–Trinajstić information content (AvgIpc) is 1.50. The van der Waals surface area contributed by atoms with E-state index in [1.165, 1.54) is 182 Å². The summed E-state index contributed by atoms with van der Waals surface area (Å²) in [5.41, 5.74) is 43.5. The van der Waals surface area contributed by atoms with Crippen LogP contribution in [0.1, 0.15) is 179 Å². The SMILES string of the molecule is C=CC1=C(/C=C(\C)C(C)(C)C)c2cc(C(C)(C)C)ccc2C12c1c(ccc3cc(N(c4ccccc4)c4cccc(C)c4)ccc13)-c1ccc3cc(N(c4cccc(C)c4)c4cccc(Cc5ccc(N(c6ccccc6)c6ccc7c8c(ccc7c6)-c6ccc7cc(N(c9ccccc9)c9ccc(C)cc9)ccc7c6C86c7ccc(C(C)(C)C)cc7-c7cc(C(C)(C)C)ccc76)cc5)c4)ccc3c12. The van der Waals surface area contributed by atoms with E-state index < -0.39 is 10.8 Å². The summed E-state index contributed by atoms with van der Waals surface area (Å²) in [4.78, 5) is 9.72. The molecule has 0 heterocycles. The van der Waals surface area contributed by atoms with Crippen LogP contribution in [0.4, 0.5) is 68.2 Å². The second-order valence-corrected chi connectivity index (χ2v) is 43.6. The van der Waals surface area contributed by atoms with Crippen molar-refractivity contribution in [2.24, 2.45) is 5.41 Å².